The maximum atomic E-state index is 12.9. The molecule has 0 aliphatic carbocycles. The summed E-state index contributed by atoms with van der Waals surface area (Å²) in [5.41, 5.74) is 5.17. The summed E-state index contributed by atoms with van der Waals surface area (Å²) in [6.07, 6.45) is -1.80. The van der Waals surface area contributed by atoms with Gasteiger partial charge in [-0.25, -0.2) is 13.8 Å². The first-order valence-electron chi connectivity index (χ1n) is 3.70. The Kier molecular flexibility index (Phi) is 2.87. The third kappa shape index (κ3) is 1.80. The molecule has 13 heavy (non-hydrogen) atoms. The van der Waals surface area contributed by atoms with Crippen LogP contribution in [0.4, 0.5) is 13.2 Å². The van der Waals surface area contributed by atoms with Crippen molar-refractivity contribution in [3.63, 3.8) is 0 Å². The minimum atomic E-state index is -2.64. The smallest absolute Gasteiger partial charge is 0.265 e. The van der Waals surface area contributed by atoms with E-state index >= 15 is 0 Å². The Morgan fingerprint density at radius 2 is 2.15 bits per heavy atom. The molecule has 0 spiro atoms. The van der Waals surface area contributed by atoms with Crippen LogP contribution in [-0.4, -0.2) is 4.98 Å². The summed E-state index contributed by atoms with van der Waals surface area (Å²) >= 11 is 0. The molecule has 1 heterocycles. The van der Waals surface area contributed by atoms with Gasteiger partial charge in [-0.15, -0.1) is 0 Å². The van der Waals surface area contributed by atoms with Crippen LogP contribution in [0.3, 0.4) is 0 Å². The van der Waals surface area contributed by atoms with E-state index in [-0.39, 0.29) is 23.2 Å². The van der Waals surface area contributed by atoms with Gasteiger partial charge in [-0.1, -0.05) is 0 Å². The van der Waals surface area contributed by atoms with E-state index in [0.717, 1.165) is 6.20 Å². The van der Waals surface area contributed by atoms with Crippen LogP contribution >= 0.6 is 0 Å². The molecule has 0 aliphatic rings. The fourth-order valence-corrected chi connectivity index (χ4v) is 1.09. The van der Waals surface area contributed by atoms with Crippen LogP contribution in [0.5, 0.6) is 0 Å². The van der Waals surface area contributed by atoms with Gasteiger partial charge in [-0.3, -0.25) is 0 Å². The minimum absolute atomic E-state index is 0.0535. The molecule has 2 N–H and O–H groups in total. The van der Waals surface area contributed by atoms with Crippen molar-refractivity contribution in [1.29, 1.82) is 0 Å². The second-order valence-electron chi connectivity index (χ2n) is 2.61. The van der Waals surface area contributed by atoms with E-state index in [1.807, 2.05) is 0 Å². The molecule has 2 nitrogen and oxygen atoms in total. The number of halogens is 3. The van der Waals surface area contributed by atoms with Gasteiger partial charge in [0, 0.05) is 23.9 Å². The van der Waals surface area contributed by atoms with Gasteiger partial charge in [0.15, 0.2) is 0 Å². The van der Waals surface area contributed by atoms with Crippen molar-refractivity contribution in [2.24, 2.45) is 5.73 Å². The molecule has 0 saturated carbocycles. The van der Waals surface area contributed by atoms with Gasteiger partial charge in [-0.2, -0.15) is 4.39 Å². The second-order valence-corrected chi connectivity index (χ2v) is 2.61. The third-order valence-corrected chi connectivity index (χ3v) is 1.89. The average Bonchev–Trinajstić information content (AvgIpc) is 2.04. The fraction of sp³-hybridized carbons (Fsp3) is 0.375. The summed E-state index contributed by atoms with van der Waals surface area (Å²) < 4.78 is 37.4. The number of pyridine rings is 1. The number of nitrogens with zero attached hydrogens (tertiary/aromatic N) is 1. The van der Waals surface area contributed by atoms with E-state index < -0.39 is 12.4 Å². The molecular weight excluding hydrogens is 181 g/mol. The molecule has 1 aromatic rings. The van der Waals surface area contributed by atoms with Crippen LogP contribution in [0.1, 0.15) is 23.1 Å². The summed E-state index contributed by atoms with van der Waals surface area (Å²) in [6, 6.07) is 0. The Morgan fingerprint density at radius 3 is 2.62 bits per heavy atom. The van der Waals surface area contributed by atoms with Crippen molar-refractivity contribution < 1.29 is 13.2 Å². The van der Waals surface area contributed by atoms with E-state index in [4.69, 9.17) is 5.73 Å². The fourth-order valence-electron chi connectivity index (χ4n) is 1.09. The highest BCUT2D eigenvalue weighted by Gasteiger charge is 2.16. The lowest BCUT2D eigenvalue weighted by molar-refractivity contribution is 0.149. The molecule has 0 saturated heterocycles. The number of rotatable bonds is 2. The standard InChI is InChI=1S/C8H9F3N2/c1-4-5(2-12)8(11)13-3-6(4)7(9)10/h3,7H,2,12H2,1H3. The van der Waals surface area contributed by atoms with Crippen LogP contribution in [-0.2, 0) is 6.54 Å². The second kappa shape index (κ2) is 3.74. The van der Waals surface area contributed by atoms with Crippen molar-refractivity contribution in [3.8, 4) is 0 Å². The van der Waals surface area contributed by atoms with E-state index in [1.165, 1.54) is 6.92 Å². The lowest BCUT2D eigenvalue weighted by Gasteiger charge is -2.08. The van der Waals surface area contributed by atoms with Crippen LogP contribution in [0.15, 0.2) is 6.20 Å². The molecule has 0 fully saturated rings. The van der Waals surface area contributed by atoms with E-state index in [2.05, 4.69) is 4.98 Å². The average molecular weight is 190 g/mol. The Hall–Kier alpha value is -1.10. The van der Waals surface area contributed by atoms with Crippen molar-refractivity contribution >= 4 is 0 Å². The van der Waals surface area contributed by atoms with E-state index in [9.17, 15) is 13.2 Å². The molecule has 0 radical (unpaired) electrons. The first-order valence-corrected chi connectivity index (χ1v) is 3.70. The van der Waals surface area contributed by atoms with Gasteiger partial charge in [-0.05, 0) is 12.5 Å². The van der Waals surface area contributed by atoms with Crippen molar-refractivity contribution in [2.75, 3.05) is 0 Å². The monoisotopic (exact) mass is 190 g/mol. The van der Waals surface area contributed by atoms with Gasteiger partial charge in [0.25, 0.3) is 6.43 Å². The Labute approximate surface area is 73.6 Å². The molecule has 5 heteroatoms. The molecule has 0 aromatic carbocycles. The van der Waals surface area contributed by atoms with Gasteiger partial charge in [0.2, 0.25) is 5.95 Å². The molecule has 0 amide bonds. The largest absolute Gasteiger partial charge is 0.326 e. The molecule has 1 aromatic heterocycles. The van der Waals surface area contributed by atoms with Crippen LogP contribution < -0.4 is 5.73 Å². The van der Waals surface area contributed by atoms with Crippen LogP contribution in [0.2, 0.25) is 0 Å². The number of hydrogen-bond donors (Lipinski definition) is 1. The summed E-state index contributed by atoms with van der Waals surface area (Å²) in [4.78, 5) is 3.21. The minimum Gasteiger partial charge on any atom is -0.326 e. The summed E-state index contributed by atoms with van der Waals surface area (Å²) in [5, 5.41) is 0. The highest BCUT2D eigenvalue weighted by Crippen LogP contribution is 2.24. The zero-order valence-corrected chi connectivity index (χ0v) is 7.02. The van der Waals surface area contributed by atoms with E-state index in [0.29, 0.717) is 0 Å². The molecular formula is C8H9F3N2. The van der Waals surface area contributed by atoms with E-state index in [1.54, 1.807) is 0 Å². The van der Waals surface area contributed by atoms with Crippen LogP contribution in [0.25, 0.3) is 0 Å². The predicted octanol–water partition coefficient (Wildman–Crippen LogP) is 1.93. The van der Waals surface area contributed by atoms with Crippen molar-refractivity contribution in [3.05, 3.63) is 28.8 Å². The third-order valence-electron chi connectivity index (χ3n) is 1.89. The van der Waals surface area contributed by atoms with Gasteiger partial charge in [0.05, 0.1) is 0 Å². The van der Waals surface area contributed by atoms with Crippen LogP contribution in [0, 0.1) is 12.9 Å². The zero-order valence-electron chi connectivity index (χ0n) is 7.02. The van der Waals surface area contributed by atoms with Crippen molar-refractivity contribution in [1.82, 2.24) is 4.98 Å². The van der Waals surface area contributed by atoms with Gasteiger partial charge >= 0.3 is 0 Å². The highest BCUT2D eigenvalue weighted by atomic mass is 19.3. The number of alkyl halides is 2. The Bertz CT molecular complexity index is 313. The number of aromatic nitrogens is 1. The Balaban J connectivity index is 3.27. The van der Waals surface area contributed by atoms with Gasteiger partial charge in [0.1, 0.15) is 0 Å². The molecule has 0 atom stereocenters. The summed E-state index contributed by atoms with van der Waals surface area (Å²) in [6.45, 7) is 1.29. The number of nitrogens with two attached hydrogens (primary N) is 1. The molecule has 72 valence electrons. The lowest BCUT2D eigenvalue weighted by Crippen LogP contribution is -2.07. The SMILES string of the molecule is Cc1c(C(F)F)cnc(F)c1CN. The lowest BCUT2D eigenvalue weighted by atomic mass is 10.1. The zero-order chi connectivity index (χ0) is 10.0. The summed E-state index contributed by atoms with van der Waals surface area (Å²) in [5.74, 6) is -0.774. The maximum Gasteiger partial charge on any atom is 0.265 e. The van der Waals surface area contributed by atoms with Crippen molar-refractivity contribution in [2.45, 2.75) is 19.9 Å². The Morgan fingerprint density at radius 1 is 1.54 bits per heavy atom. The number of hydrogen-bond acceptors (Lipinski definition) is 2. The normalized spacial score (nSPS) is 10.9. The summed E-state index contributed by atoms with van der Waals surface area (Å²) in [7, 11) is 0. The molecule has 0 bridgehead atoms. The first-order chi connectivity index (χ1) is 6.07. The molecule has 0 aliphatic heterocycles. The topological polar surface area (TPSA) is 38.9 Å². The quantitative estimate of drug-likeness (QED) is 0.723. The molecule has 0 unspecified atom stereocenters. The maximum absolute atomic E-state index is 12.9. The first kappa shape index (κ1) is 9.98. The highest BCUT2D eigenvalue weighted by molar-refractivity contribution is 5.32. The van der Waals surface area contributed by atoms with Gasteiger partial charge < -0.3 is 5.73 Å². The molecule has 1 rings (SSSR count). The predicted molar refractivity (Wildman–Crippen MR) is 41.8 cm³/mol.